The van der Waals surface area contributed by atoms with Gasteiger partial charge in [-0.05, 0) is 35.9 Å². The van der Waals surface area contributed by atoms with E-state index in [1.807, 2.05) is 120 Å². The summed E-state index contributed by atoms with van der Waals surface area (Å²) in [5.41, 5.74) is 5.64. The Kier molecular flexibility index (Phi) is 6.40. The van der Waals surface area contributed by atoms with Gasteiger partial charge in [-0.2, -0.15) is 5.10 Å². The quantitative estimate of drug-likeness (QED) is 0.264. The lowest BCUT2D eigenvalue weighted by molar-refractivity contribution is 0.892. The second kappa shape index (κ2) is 10.3. The number of benzene rings is 4. The van der Waals surface area contributed by atoms with Crippen LogP contribution in [0.4, 0.5) is 17.2 Å². The minimum absolute atomic E-state index is 0.775. The largest absolute Gasteiger partial charge is 0.338 e. The molecule has 0 unspecified atom stereocenters. The molecule has 0 atom stereocenters. The lowest BCUT2D eigenvalue weighted by Gasteiger charge is -2.10. The minimum Gasteiger partial charge on any atom is -0.338 e. The van der Waals surface area contributed by atoms with E-state index >= 15 is 0 Å². The Morgan fingerprint density at radius 2 is 1.26 bits per heavy atom. The zero-order valence-electron chi connectivity index (χ0n) is 18.6. The first-order chi connectivity index (χ1) is 16.9. The minimum atomic E-state index is 0.775. The fourth-order valence-corrected chi connectivity index (χ4v) is 3.68. The Labute approximate surface area is 199 Å². The fourth-order valence-electron chi connectivity index (χ4n) is 3.68. The third kappa shape index (κ3) is 4.87. The van der Waals surface area contributed by atoms with Crippen molar-refractivity contribution in [1.29, 1.82) is 0 Å². The van der Waals surface area contributed by atoms with Gasteiger partial charge < -0.3 is 5.32 Å². The first-order valence-corrected chi connectivity index (χ1v) is 11.2. The molecule has 4 nitrogen and oxygen atoms in total. The van der Waals surface area contributed by atoms with Gasteiger partial charge >= 0.3 is 0 Å². The van der Waals surface area contributed by atoms with Gasteiger partial charge in [0, 0.05) is 17.5 Å². The highest BCUT2D eigenvalue weighted by molar-refractivity contribution is 5.89. The Morgan fingerprint density at radius 3 is 1.94 bits per heavy atom. The first kappa shape index (κ1) is 21.2. The van der Waals surface area contributed by atoms with Crippen molar-refractivity contribution >= 4 is 29.5 Å². The zero-order valence-corrected chi connectivity index (χ0v) is 18.6. The summed E-state index contributed by atoms with van der Waals surface area (Å²) in [6.45, 7) is 0. The number of rotatable bonds is 7. The van der Waals surface area contributed by atoms with Crippen LogP contribution in [0.25, 0.3) is 23.0 Å². The van der Waals surface area contributed by atoms with Crippen LogP contribution in [0.3, 0.4) is 0 Å². The van der Waals surface area contributed by atoms with Crippen LogP contribution in [0, 0.1) is 0 Å². The van der Waals surface area contributed by atoms with Crippen LogP contribution in [0.2, 0.25) is 0 Å². The van der Waals surface area contributed by atoms with Gasteiger partial charge in [0.1, 0.15) is 11.4 Å². The molecule has 0 aliphatic rings. The highest BCUT2D eigenvalue weighted by Gasteiger charge is 2.20. The van der Waals surface area contributed by atoms with Crippen LogP contribution in [0.15, 0.2) is 132 Å². The molecular formula is C30H24N4. The maximum absolute atomic E-state index is 5.00. The molecule has 0 amide bonds. The molecule has 1 N–H and O–H groups in total. The second-order valence-electron chi connectivity index (χ2n) is 7.70. The van der Waals surface area contributed by atoms with E-state index in [1.54, 1.807) is 0 Å². The van der Waals surface area contributed by atoms with E-state index in [1.165, 1.54) is 0 Å². The van der Waals surface area contributed by atoms with Crippen molar-refractivity contribution in [1.82, 2.24) is 9.78 Å². The Balaban J connectivity index is 1.63. The molecule has 164 valence electrons. The molecule has 0 spiro atoms. The molecule has 0 aliphatic carbocycles. The number of hydrogen-bond acceptors (Lipinski definition) is 3. The maximum atomic E-state index is 5.00. The summed E-state index contributed by atoms with van der Waals surface area (Å²) in [4.78, 5) is 4.88. The number of anilines is 2. The molecule has 5 rings (SSSR count). The number of nitrogens with zero attached hydrogens (tertiary/aromatic N) is 3. The monoisotopic (exact) mass is 440 g/mol. The molecule has 34 heavy (non-hydrogen) atoms. The Hall–Kier alpha value is -4.70. The normalized spacial score (nSPS) is 11.3. The molecule has 0 radical (unpaired) electrons. The predicted octanol–water partition coefficient (Wildman–Crippen LogP) is 7.70. The van der Waals surface area contributed by atoms with Gasteiger partial charge in [-0.25, -0.2) is 4.68 Å². The topological polar surface area (TPSA) is 42.2 Å². The summed E-state index contributed by atoms with van der Waals surface area (Å²) < 4.78 is 1.92. The van der Waals surface area contributed by atoms with Crippen LogP contribution < -0.4 is 5.32 Å². The van der Waals surface area contributed by atoms with Gasteiger partial charge in [-0.3, -0.25) is 4.99 Å². The number of aromatic nitrogens is 2. The number of hydrogen-bond donors (Lipinski definition) is 1. The third-order valence-corrected chi connectivity index (χ3v) is 5.32. The van der Waals surface area contributed by atoms with E-state index < -0.39 is 0 Å². The Bertz CT molecular complexity index is 1390. The molecule has 4 aromatic carbocycles. The average molecular weight is 441 g/mol. The molecule has 0 aliphatic heterocycles. The first-order valence-electron chi connectivity index (χ1n) is 11.2. The molecule has 0 saturated carbocycles. The van der Waals surface area contributed by atoms with Crippen molar-refractivity contribution in [3.63, 3.8) is 0 Å². The number of allylic oxidation sites excluding steroid dienone is 1. The summed E-state index contributed by atoms with van der Waals surface area (Å²) in [5.74, 6) is 0.806. The molecule has 4 heteroatoms. The van der Waals surface area contributed by atoms with Crippen molar-refractivity contribution in [2.45, 2.75) is 0 Å². The smallest absolute Gasteiger partial charge is 0.160 e. The van der Waals surface area contributed by atoms with Crippen molar-refractivity contribution < 1.29 is 0 Å². The second-order valence-corrected chi connectivity index (χ2v) is 7.70. The summed E-state index contributed by atoms with van der Waals surface area (Å²) >= 11 is 0. The zero-order chi connectivity index (χ0) is 23.0. The van der Waals surface area contributed by atoms with Crippen LogP contribution in [-0.4, -0.2) is 16.0 Å². The number of aliphatic imine (C=N–C) groups is 1. The van der Waals surface area contributed by atoms with E-state index in [4.69, 9.17) is 10.1 Å². The van der Waals surface area contributed by atoms with E-state index in [0.29, 0.717) is 0 Å². The molecule has 0 saturated heterocycles. The van der Waals surface area contributed by atoms with Gasteiger partial charge in [-0.1, -0.05) is 103 Å². The molecule has 0 fully saturated rings. The molecular weight excluding hydrogens is 416 g/mol. The van der Waals surface area contributed by atoms with Gasteiger partial charge in [-0.15, -0.1) is 0 Å². The Morgan fingerprint density at radius 1 is 0.676 bits per heavy atom. The molecule has 0 bridgehead atoms. The SMILES string of the molecule is C(/C=C/c1ccccc1)=Nc1c(-c2ccccc2)nn(-c2ccccc2)c1Nc1ccccc1. The van der Waals surface area contributed by atoms with Gasteiger partial charge in [0.15, 0.2) is 5.82 Å². The van der Waals surface area contributed by atoms with Gasteiger partial charge in [0.2, 0.25) is 0 Å². The van der Waals surface area contributed by atoms with Crippen molar-refractivity contribution in [2.75, 3.05) is 5.32 Å². The maximum Gasteiger partial charge on any atom is 0.160 e. The summed E-state index contributed by atoms with van der Waals surface area (Å²) in [6.07, 6.45) is 5.82. The van der Waals surface area contributed by atoms with Crippen LogP contribution >= 0.6 is 0 Å². The molecule has 5 aromatic rings. The van der Waals surface area contributed by atoms with Crippen molar-refractivity contribution in [2.24, 2.45) is 4.99 Å². The number of para-hydroxylation sites is 2. The summed E-state index contributed by atoms with van der Waals surface area (Å²) in [7, 11) is 0. The van der Waals surface area contributed by atoms with E-state index in [2.05, 4.69) is 29.6 Å². The van der Waals surface area contributed by atoms with Crippen LogP contribution in [0.5, 0.6) is 0 Å². The summed E-state index contributed by atoms with van der Waals surface area (Å²) in [5, 5.41) is 8.55. The fraction of sp³-hybridized carbons (Fsp3) is 0. The van der Waals surface area contributed by atoms with Gasteiger partial charge in [0.05, 0.1) is 5.69 Å². The highest BCUT2D eigenvalue weighted by atomic mass is 15.3. The standard InChI is InChI=1S/C30H24N4/c1-5-14-24(15-6-1)16-13-23-31-29-28(25-17-7-2-8-18-25)33-34(27-21-11-4-12-22-27)30(29)32-26-19-9-3-10-20-26/h1-23,32H/b16-13+,31-23?. The van der Waals surface area contributed by atoms with E-state index in [0.717, 1.165) is 39.7 Å². The molecule has 1 aromatic heterocycles. The lowest BCUT2D eigenvalue weighted by Crippen LogP contribution is -2.02. The van der Waals surface area contributed by atoms with E-state index in [9.17, 15) is 0 Å². The third-order valence-electron chi connectivity index (χ3n) is 5.32. The van der Waals surface area contributed by atoms with Crippen molar-refractivity contribution in [3.05, 3.63) is 133 Å². The average Bonchev–Trinajstić information content (AvgIpc) is 3.27. The lowest BCUT2D eigenvalue weighted by atomic mass is 10.1. The van der Waals surface area contributed by atoms with Gasteiger partial charge in [0.25, 0.3) is 0 Å². The summed E-state index contributed by atoms with van der Waals surface area (Å²) in [6, 6.07) is 40.5. The highest BCUT2D eigenvalue weighted by Crippen LogP contribution is 2.39. The molecule has 1 heterocycles. The van der Waals surface area contributed by atoms with Crippen LogP contribution in [-0.2, 0) is 0 Å². The van der Waals surface area contributed by atoms with E-state index in [-0.39, 0.29) is 0 Å². The van der Waals surface area contributed by atoms with Crippen LogP contribution in [0.1, 0.15) is 5.56 Å². The van der Waals surface area contributed by atoms with Crippen molar-refractivity contribution in [3.8, 4) is 16.9 Å². The number of nitrogens with one attached hydrogen (secondary N) is 1. The predicted molar refractivity (Wildman–Crippen MR) is 142 cm³/mol.